The van der Waals surface area contributed by atoms with E-state index >= 15 is 0 Å². The lowest BCUT2D eigenvalue weighted by Gasteiger charge is -2.22. The van der Waals surface area contributed by atoms with E-state index < -0.39 is 17.8 Å². The van der Waals surface area contributed by atoms with E-state index in [4.69, 9.17) is 0 Å². The van der Waals surface area contributed by atoms with Gasteiger partial charge in [-0.3, -0.25) is 9.59 Å². The minimum Gasteiger partial charge on any atom is -0.323 e. The first kappa shape index (κ1) is 14.0. The molecule has 0 spiro atoms. The summed E-state index contributed by atoms with van der Waals surface area (Å²) in [6, 6.07) is 15.2. The molecule has 2 aromatic rings. The first-order valence-corrected chi connectivity index (χ1v) is 6.86. The van der Waals surface area contributed by atoms with E-state index in [0.29, 0.717) is 11.4 Å². The fourth-order valence-corrected chi connectivity index (χ4v) is 2.46. The van der Waals surface area contributed by atoms with Gasteiger partial charge >= 0.3 is 6.03 Å². The second-order valence-corrected chi connectivity index (χ2v) is 5.12. The van der Waals surface area contributed by atoms with Crippen LogP contribution in [0.3, 0.4) is 0 Å². The Morgan fingerprint density at radius 3 is 1.95 bits per heavy atom. The van der Waals surface area contributed by atoms with Crippen molar-refractivity contribution in [2.24, 2.45) is 0 Å². The maximum absolute atomic E-state index is 12.4. The van der Waals surface area contributed by atoms with E-state index in [1.165, 1.54) is 4.90 Å². The monoisotopic (exact) mass is 294 g/mol. The Hall–Kier alpha value is -2.95. The second kappa shape index (κ2) is 5.44. The van der Waals surface area contributed by atoms with Crippen LogP contribution >= 0.6 is 0 Å². The number of hydrogen-bond donors (Lipinski definition) is 0. The number of rotatable bonds is 2. The van der Waals surface area contributed by atoms with Crippen LogP contribution in [0.2, 0.25) is 0 Å². The topological polar surface area (TPSA) is 57.7 Å². The van der Waals surface area contributed by atoms with Crippen molar-refractivity contribution in [2.75, 3.05) is 7.05 Å². The van der Waals surface area contributed by atoms with Gasteiger partial charge in [0.1, 0.15) is 0 Å². The van der Waals surface area contributed by atoms with Crippen molar-refractivity contribution in [3.63, 3.8) is 0 Å². The molecule has 1 heterocycles. The van der Waals surface area contributed by atoms with Gasteiger partial charge in [-0.25, -0.2) is 4.79 Å². The molecule has 0 aromatic heterocycles. The Kier molecular flexibility index (Phi) is 3.47. The quantitative estimate of drug-likeness (QED) is 0.800. The molecule has 22 heavy (non-hydrogen) atoms. The van der Waals surface area contributed by atoms with Crippen molar-refractivity contribution < 1.29 is 14.4 Å². The highest BCUT2D eigenvalue weighted by Crippen LogP contribution is 2.23. The Morgan fingerprint density at radius 1 is 0.909 bits per heavy atom. The lowest BCUT2D eigenvalue weighted by atomic mass is 10.1. The van der Waals surface area contributed by atoms with E-state index in [1.54, 1.807) is 31.3 Å². The summed E-state index contributed by atoms with van der Waals surface area (Å²) in [6.45, 7) is 0.326. The number of nitrogens with zero attached hydrogens (tertiary/aromatic N) is 2. The van der Waals surface area contributed by atoms with Crippen molar-refractivity contribution in [2.45, 2.75) is 6.54 Å². The van der Waals surface area contributed by atoms with Crippen molar-refractivity contribution in [1.82, 2.24) is 9.80 Å². The first-order valence-electron chi connectivity index (χ1n) is 6.86. The third-order valence-corrected chi connectivity index (χ3v) is 3.57. The number of amides is 4. The van der Waals surface area contributed by atoms with Crippen LogP contribution in [0.25, 0.3) is 0 Å². The number of urea groups is 1. The van der Waals surface area contributed by atoms with E-state index in [1.807, 2.05) is 30.3 Å². The Morgan fingerprint density at radius 2 is 1.41 bits per heavy atom. The Bertz CT molecular complexity index is 721. The summed E-state index contributed by atoms with van der Waals surface area (Å²) >= 11 is 0. The largest absolute Gasteiger partial charge is 0.334 e. The zero-order valence-electron chi connectivity index (χ0n) is 12.0. The average Bonchev–Trinajstić information content (AvgIpc) is 2.79. The molecular weight excluding hydrogens is 280 g/mol. The lowest BCUT2D eigenvalue weighted by molar-refractivity contribution is 0.0670. The molecule has 5 nitrogen and oxygen atoms in total. The predicted molar refractivity (Wildman–Crippen MR) is 80.2 cm³/mol. The molecule has 3 rings (SSSR count). The third kappa shape index (κ3) is 2.26. The first-order chi connectivity index (χ1) is 10.6. The van der Waals surface area contributed by atoms with E-state index in [9.17, 15) is 14.4 Å². The van der Waals surface area contributed by atoms with Gasteiger partial charge in [-0.05, 0) is 17.7 Å². The molecular formula is C17H14N2O3. The summed E-state index contributed by atoms with van der Waals surface area (Å²) in [4.78, 5) is 39.0. The van der Waals surface area contributed by atoms with Gasteiger partial charge in [0.25, 0.3) is 11.8 Å². The molecule has 0 atom stereocenters. The summed E-state index contributed by atoms with van der Waals surface area (Å²) in [6.07, 6.45) is 0. The van der Waals surface area contributed by atoms with E-state index in [-0.39, 0.29) is 11.1 Å². The van der Waals surface area contributed by atoms with Crippen molar-refractivity contribution >= 4 is 17.8 Å². The fraction of sp³-hybridized carbons (Fsp3) is 0.118. The van der Waals surface area contributed by atoms with Crippen LogP contribution in [-0.2, 0) is 6.54 Å². The number of carbonyl (C=O) groups excluding carboxylic acids is 3. The molecule has 0 bridgehead atoms. The highest BCUT2D eigenvalue weighted by atomic mass is 16.2. The third-order valence-electron chi connectivity index (χ3n) is 3.57. The second-order valence-electron chi connectivity index (χ2n) is 5.12. The fourth-order valence-electron chi connectivity index (χ4n) is 2.46. The van der Waals surface area contributed by atoms with Crippen LogP contribution in [0.5, 0.6) is 0 Å². The van der Waals surface area contributed by atoms with Gasteiger partial charge in [-0.15, -0.1) is 0 Å². The van der Waals surface area contributed by atoms with Gasteiger partial charge in [-0.1, -0.05) is 42.5 Å². The highest BCUT2D eigenvalue weighted by molar-refractivity contribution is 6.28. The normalized spacial score (nSPS) is 13.2. The molecule has 0 unspecified atom stereocenters. The highest BCUT2D eigenvalue weighted by Gasteiger charge is 2.40. The number of imide groups is 3. The van der Waals surface area contributed by atoms with Gasteiger partial charge < -0.3 is 4.90 Å². The zero-order chi connectivity index (χ0) is 15.7. The summed E-state index contributed by atoms with van der Waals surface area (Å²) in [5, 5.41) is 0. The lowest BCUT2D eigenvalue weighted by Crippen LogP contribution is -2.44. The average molecular weight is 294 g/mol. The predicted octanol–water partition coefficient (Wildman–Crippen LogP) is 2.53. The molecule has 0 saturated heterocycles. The van der Waals surface area contributed by atoms with Crippen molar-refractivity contribution in [3.8, 4) is 0 Å². The summed E-state index contributed by atoms with van der Waals surface area (Å²) in [5.41, 5.74) is 1.47. The molecule has 4 amide bonds. The Labute approximate surface area is 127 Å². The molecule has 2 aromatic carbocycles. The summed E-state index contributed by atoms with van der Waals surface area (Å²) < 4.78 is 0. The number of fused-ring (bicyclic) bond motifs is 1. The molecule has 0 N–H and O–H groups in total. The van der Waals surface area contributed by atoms with Crippen LogP contribution in [0, 0.1) is 0 Å². The molecule has 1 aliphatic heterocycles. The molecule has 1 aliphatic rings. The molecule has 0 aliphatic carbocycles. The molecule has 110 valence electrons. The van der Waals surface area contributed by atoms with Crippen LogP contribution in [0.1, 0.15) is 26.3 Å². The van der Waals surface area contributed by atoms with Gasteiger partial charge in [0.15, 0.2) is 0 Å². The minimum atomic E-state index is -0.616. The summed E-state index contributed by atoms with van der Waals surface area (Å²) in [5.74, 6) is -1.13. The van der Waals surface area contributed by atoms with Gasteiger partial charge in [0.2, 0.25) is 0 Å². The Balaban J connectivity index is 1.82. The van der Waals surface area contributed by atoms with E-state index in [2.05, 4.69) is 0 Å². The van der Waals surface area contributed by atoms with Crippen LogP contribution in [-0.4, -0.2) is 34.7 Å². The standard InChI is InChI=1S/C17H14N2O3/c1-18(11-12-7-3-2-4-8-12)17(22)19-15(20)13-9-5-6-10-14(13)16(19)21/h2-10H,11H2,1H3. The van der Waals surface area contributed by atoms with Gasteiger partial charge in [0, 0.05) is 13.6 Å². The van der Waals surface area contributed by atoms with Crippen molar-refractivity contribution in [3.05, 3.63) is 71.3 Å². The van der Waals surface area contributed by atoms with Crippen LogP contribution < -0.4 is 0 Å². The maximum atomic E-state index is 12.4. The molecule has 5 heteroatoms. The summed E-state index contributed by atoms with van der Waals surface area (Å²) in [7, 11) is 1.57. The zero-order valence-corrected chi connectivity index (χ0v) is 12.0. The van der Waals surface area contributed by atoms with Crippen molar-refractivity contribution in [1.29, 1.82) is 0 Å². The molecule has 0 radical (unpaired) electrons. The van der Waals surface area contributed by atoms with Crippen LogP contribution in [0.15, 0.2) is 54.6 Å². The number of carbonyl (C=O) groups is 3. The minimum absolute atomic E-state index is 0.272. The molecule has 0 saturated carbocycles. The number of hydrogen-bond acceptors (Lipinski definition) is 3. The smallest absolute Gasteiger partial charge is 0.323 e. The van der Waals surface area contributed by atoms with Gasteiger partial charge in [-0.2, -0.15) is 4.90 Å². The molecule has 0 fully saturated rings. The van der Waals surface area contributed by atoms with Gasteiger partial charge in [0.05, 0.1) is 11.1 Å². The van der Waals surface area contributed by atoms with E-state index in [0.717, 1.165) is 5.56 Å². The number of benzene rings is 2. The maximum Gasteiger partial charge on any atom is 0.334 e. The SMILES string of the molecule is CN(Cc1ccccc1)C(=O)N1C(=O)c2ccccc2C1=O. The van der Waals surface area contributed by atoms with Crippen LogP contribution in [0.4, 0.5) is 4.79 Å².